The number of aromatic hydroxyl groups is 1. The number of hydrogen-bond donors (Lipinski definition) is 3. The van der Waals surface area contributed by atoms with E-state index < -0.39 is 0 Å². The summed E-state index contributed by atoms with van der Waals surface area (Å²) in [6, 6.07) is 14.7. The van der Waals surface area contributed by atoms with Crippen molar-refractivity contribution in [2.45, 2.75) is 31.7 Å². The smallest absolute Gasteiger partial charge is 0.253 e. The van der Waals surface area contributed by atoms with Crippen LogP contribution in [-0.2, 0) is 4.79 Å². The van der Waals surface area contributed by atoms with Gasteiger partial charge in [0.1, 0.15) is 5.75 Å². The number of carbonyl (C=O) groups excluding carboxylic acids is 2. The maximum absolute atomic E-state index is 12.7. The summed E-state index contributed by atoms with van der Waals surface area (Å²) in [5.41, 5.74) is 1.89. The van der Waals surface area contributed by atoms with Gasteiger partial charge in [0.05, 0.1) is 23.5 Å². The first kappa shape index (κ1) is 21.2. The predicted molar refractivity (Wildman–Crippen MR) is 122 cm³/mol. The summed E-state index contributed by atoms with van der Waals surface area (Å²) in [5, 5.41) is 16.1. The molecule has 164 valence electrons. The van der Waals surface area contributed by atoms with Gasteiger partial charge < -0.3 is 20.6 Å². The zero-order valence-corrected chi connectivity index (χ0v) is 17.7. The summed E-state index contributed by atoms with van der Waals surface area (Å²) in [6.07, 6.45) is 4.35. The summed E-state index contributed by atoms with van der Waals surface area (Å²) in [6.45, 7) is 3.21. The molecular formula is C24H30N4O3. The Labute approximate surface area is 183 Å². The molecule has 1 aliphatic heterocycles. The average molecular weight is 423 g/mol. The molecule has 0 aromatic heterocycles. The lowest BCUT2D eigenvalue weighted by Crippen LogP contribution is -2.48. The van der Waals surface area contributed by atoms with Gasteiger partial charge in [-0.1, -0.05) is 37.1 Å². The molecular weight excluding hydrogens is 392 g/mol. The summed E-state index contributed by atoms with van der Waals surface area (Å²) >= 11 is 0. The van der Waals surface area contributed by atoms with Gasteiger partial charge in [0.2, 0.25) is 5.91 Å². The molecule has 4 rings (SSSR count). The number of piperazine rings is 1. The van der Waals surface area contributed by atoms with Gasteiger partial charge in [-0.25, -0.2) is 0 Å². The van der Waals surface area contributed by atoms with Crippen molar-refractivity contribution in [2.75, 3.05) is 42.9 Å². The third-order valence-corrected chi connectivity index (χ3v) is 6.10. The Bertz CT molecular complexity index is 919. The fourth-order valence-electron chi connectivity index (χ4n) is 4.39. The van der Waals surface area contributed by atoms with E-state index in [0.717, 1.165) is 57.5 Å². The SMILES string of the molecule is O=C(CN1CCN(c2ccccc2O)CC1)Nc1ccccc1C(=O)NC1CCCC1. The van der Waals surface area contributed by atoms with E-state index in [4.69, 9.17) is 0 Å². The van der Waals surface area contributed by atoms with E-state index in [9.17, 15) is 14.7 Å². The van der Waals surface area contributed by atoms with Crippen LogP contribution in [-0.4, -0.2) is 60.6 Å². The van der Waals surface area contributed by atoms with Crippen molar-refractivity contribution >= 4 is 23.2 Å². The number of phenols is 1. The molecule has 0 spiro atoms. The zero-order chi connectivity index (χ0) is 21.6. The lowest BCUT2D eigenvalue weighted by atomic mass is 10.1. The van der Waals surface area contributed by atoms with E-state index >= 15 is 0 Å². The summed E-state index contributed by atoms with van der Waals surface area (Å²) < 4.78 is 0. The van der Waals surface area contributed by atoms with Crippen molar-refractivity contribution in [1.82, 2.24) is 10.2 Å². The molecule has 2 aromatic rings. The van der Waals surface area contributed by atoms with E-state index in [1.165, 1.54) is 0 Å². The first-order valence-corrected chi connectivity index (χ1v) is 11.1. The fraction of sp³-hybridized carbons (Fsp3) is 0.417. The molecule has 0 atom stereocenters. The van der Waals surface area contributed by atoms with E-state index in [2.05, 4.69) is 20.4 Å². The predicted octanol–water partition coefficient (Wildman–Crippen LogP) is 2.83. The van der Waals surface area contributed by atoms with Crippen LogP contribution in [0.5, 0.6) is 5.75 Å². The number of carbonyl (C=O) groups is 2. The summed E-state index contributed by atoms with van der Waals surface area (Å²) in [7, 11) is 0. The van der Waals surface area contributed by atoms with Crippen molar-refractivity contribution in [3.63, 3.8) is 0 Å². The van der Waals surface area contributed by atoms with Crippen LogP contribution in [0.15, 0.2) is 48.5 Å². The Morgan fingerprint density at radius 2 is 1.61 bits per heavy atom. The molecule has 2 amide bonds. The molecule has 0 unspecified atom stereocenters. The van der Waals surface area contributed by atoms with Crippen molar-refractivity contribution in [2.24, 2.45) is 0 Å². The number of hydrogen-bond acceptors (Lipinski definition) is 5. The van der Waals surface area contributed by atoms with Crippen LogP contribution in [0, 0.1) is 0 Å². The lowest BCUT2D eigenvalue weighted by Gasteiger charge is -2.35. The van der Waals surface area contributed by atoms with E-state index in [1.54, 1.807) is 18.2 Å². The van der Waals surface area contributed by atoms with Crippen LogP contribution in [0.25, 0.3) is 0 Å². The molecule has 1 saturated heterocycles. The Hall–Kier alpha value is -3.06. The van der Waals surface area contributed by atoms with Gasteiger partial charge in [0.15, 0.2) is 0 Å². The Balaban J connectivity index is 1.30. The molecule has 1 aliphatic carbocycles. The number of nitrogens with one attached hydrogen (secondary N) is 2. The second-order valence-electron chi connectivity index (χ2n) is 8.30. The highest BCUT2D eigenvalue weighted by Gasteiger charge is 2.23. The quantitative estimate of drug-likeness (QED) is 0.667. The minimum absolute atomic E-state index is 0.126. The molecule has 1 saturated carbocycles. The van der Waals surface area contributed by atoms with Gasteiger partial charge >= 0.3 is 0 Å². The minimum Gasteiger partial charge on any atom is -0.506 e. The molecule has 2 aliphatic rings. The molecule has 2 fully saturated rings. The minimum atomic E-state index is -0.128. The number of phenolic OH excluding ortho intramolecular Hbond substituents is 1. The van der Waals surface area contributed by atoms with Gasteiger partial charge in [0.25, 0.3) is 5.91 Å². The number of benzene rings is 2. The van der Waals surface area contributed by atoms with Crippen molar-refractivity contribution in [1.29, 1.82) is 0 Å². The molecule has 0 bridgehead atoms. The van der Waals surface area contributed by atoms with Gasteiger partial charge in [-0.2, -0.15) is 0 Å². The second kappa shape index (κ2) is 9.83. The molecule has 3 N–H and O–H groups in total. The number of amides is 2. The molecule has 7 nitrogen and oxygen atoms in total. The van der Waals surface area contributed by atoms with Gasteiger partial charge in [-0.15, -0.1) is 0 Å². The van der Waals surface area contributed by atoms with E-state index in [1.807, 2.05) is 30.3 Å². The second-order valence-corrected chi connectivity index (χ2v) is 8.30. The first-order valence-electron chi connectivity index (χ1n) is 11.1. The topological polar surface area (TPSA) is 84.9 Å². The van der Waals surface area contributed by atoms with Crippen LogP contribution in [0.4, 0.5) is 11.4 Å². The van der Waals surface area contributed by atoms with Crippen LogP contribution in [0.1, 0.15) is 36.0 Å². The summed E-state index contributed by atoms with van der Waals surface area (Å²) in [5.74, 6) is 0.0254. The zero-order valence-electron chi connectivity index (χ0n) is 17.7. The van der Waals surface area contributed by atoms with Crippen LogP contribution in [0.3, 0.4) is 0 Å². The van der Waals surface area contributed by atoms with Crippen molar-refractivity contribution < 1.29 is 14.7 Å². The number of para-hydroxylation sites is 3. The maximum Gasteiger partial charge on any atom is 0.253 e. The van der Waals surface area contributed by atoms with E-state index in [-0.39, 0.29) is 30.2 Å². The van der Waals surface area contributed by atoms with Gasteiger partial charge in [-0.05, 0) is 37.1 Å². The third kappa shape index (κ3) is 5.35. The maximum atomic E-state index is 12.7. The number of rotatable bonds is 6. The highest BCUT2D eigenvalue weighted by atomic mass is 16.3. The standard InChI is InChI=1S/C24H30N4O3/c29-22-12-6-5-11-21(22)28-15-13-27(14-16-28)17-23(30)26-20-10-4-3-9-19(20)24(31)25-18-7-1-2-8-18/h3-6,9-12,18,29H,1-2,7-8,13-17H2,(H,25,31)(H,26,30). The van der Waals surface area contributed by atoms with Gasteiger partial charge in [-0.3, -0.25) is 14.5 Å². The highest BCUT2D eigenvalue weighted by molar-refractivity contribution is 6.04. The third-order valence-electron chi connectivity index (χ3n) is 6.10. The average Bonchev–Trinajstić information content (AvgIpc) is 3.28. The Kier molecular flexibility index (Phi) is 6.72. The highest BCUT2D eigenvalue weighted by Crippen LogP contribution is 2.27. The lowest BCUT2D eigenvalue weighted by molar-refractivity contribution is -0.117. The van der Waals surface area contributed by atoms with Crippen LogP contribution >= 0.6 is 0 Å². The Morgan fingerprint density at radius 1 is 0.935 bits per heavy atom. The van der Waals surface area contributed by atoms with Crippen molar-refractivity contribution in [3.05, 3.63) is 54.1 Å². The van der Waals surface area contributed by atoms with Crippen LogP contribution in [0.2, 0.25) is 0 Å². The number of anilines is 2. The fourth-order valence-corrected chi connectivity index (χ4v) is 4.39. The first-order chi connectivity index (χ1) is 15.1. The largest absolute Gasteiger partial charge is 0.506 e. The summed E-state index contributed by atoms with van der Waals surface area (Å²) in [4.78, 5) is 29.6. The van der Waals surface area contributed by atoms with Crippen LogP contribution < -0.4 is 15.5 Å². The van der Waals surface area contributed by atoms with Gasteiger partial charge in [0, 0.05) is 32.2 Å². The number of nitrogens with zero attached hydrogens (tertiary/aromatic N) is 2. The Morgan fingerprint density at radius 3 is 2.35 bits per heavy atom. The molecule has 1 heterocycles. The molecule has 2 aromatic carbocycles. The monoisotopic (exact) mass is 422 g/mol. The van der Waals surface area contributed by atoms with E-state index in [0.29, 0.717) is 11.3 Å². The molecule has 7 heteroatoms. The molecule has 0 radical (unpaired) electrons. The molecule has 31 heavy (non-hydrogen) atoms. The van der Waals surface area contributed by atoms with Crippen molar-refractivity contribution in [3.8, 4) is 5.75 Å². The normalized spacial score (nSPS) is 17.5.